The lowest BCUT2D eigenvalue weighted by atomic mass is 10.2. The Bertz CT molecular complexity index is 526. The zero-order chi connectivity index (χ0) is 15.4. The number of rotatable bonds is 4. The molecule has 0 bridgehead atoms. The SMILES string of the molecule is COC(=O)C1CN(C(=O)CCn2nc(C)cc2C)CCO1. The number of aromatic nitrogens is 2. The number of morpholine rings is 1. The Hall–Kier alpha value is -1.89. The first kappa shape index (κ1) is 15.5. The second kappa shape index (κ2) is 6.71. The van der Waals surface area contributed by atoms with Gasteiger partial charge in [-0.15, -0.1) is 0 Å². The minimum atomic E-state index is -0.679. The van der Waals surface area contributed by atoms with Crippen molar-refractivity contribution in [3.63, 3.8) is 0 Å². The summed E-state index contributed by atoms with van der Waals surface area (Å²) < 4.78 is 11.8. The molecule has 21 heavy (non-hydrogen) atoms. The molecule has 1 fully saturated rings. The van der Waals surface area contributed by atoms with Crippen LogP contribution in [0.4, 0.5) is 0 Å². The molecule has 1 aromatic rings. The van der Waals surface area contributed by atoms with Crippen LogP contribution < -0.4 is 0 Å². The quantitative estimate of drug-likeness (QED) is 0.747. The third-order valence-electron chi connectivity index (χ3n) is 3.52. The van der Waals surface area contributed by atoms with E-state index in [-0.39, 0.29) is 12.5 Å². The molecule has 1 unspecified atom stereocenters. The largest absolute Gasteiger partial charge is 0.467 e. The zero-order valence-corrected chi connectivity index (χ0v) is 12.7. The second-order valence-corrected chi connectivity index (χ2v) is 5.12. The predicted octanol–water partition coefficient (Wildman–Crippen LogP) is 0.290. The molecule has 7 heteroatoms. The number of hydrogen-bond acceptors (Lipinski definition) is 5. The summed E-state index contributed by atoms with van der Waals surface area (Å²) in [4.78, 5) is 25.3. The van der Waals surface area contributed by atoms with E-state index < -0.39 is 12.1 Å². The summed E-state index contributed by atoms with van der Waals surface area (Å²) >= 11 is 0. The van der Waals surface area contributed by atoms with Gasteiger partial charge in [0, 0.05) is 25.2 Å². The van der Waals surface area contributed by atoms with Crippen molar-refractivity contribution in [1.82, 2.24) is 14.7 Å². The molecule has 2 heterocycles. The predicted molar refractivity (Wildman–Crippen MR) is 74.7 cm³/mol. The highest BCUT2D eigenvalue weighted by atomic mass is 16.6. The molecule has 0 saturated carbocycles. The fraction of sp³-hybridized carbons (Fsp3) is 0.643. The van der Waals surface area contributed by atoms with Crippen LogP contribution in [0, 0.1) is 13.8 Å². The molecule has 7 nitrogen and oxygen atoms in total. The van der Waals surface area contributed by atoms with E-state index in [2.05, 4.69) is 9.84 Å². The molecule has 1 atom stereocenters. The third-order valence-corrected chi connectivity index (χ3v) is 3.52. The number of aryl methyl sites for hydroxylation is 3. The lowest BCUT2D eigenvalue weighted by Crippen LogP contribution is -2.49. The molecule has 1 amide bonds. The molecule has 116 valence electrons. The van der Waals surface area contributed by atoms with E-state index in [1.165, 1.54) is 7.11 Å². The Labute approximate surface area is 123 Å². The number of esters is 1. The molecular weight excluding hydrogens is 274 g/mol. The summed E-state index contributed by atoms with van der Waals surface area (Å²) in [7, 11) is 1.31. The maximum absolute atomic E-state index is 12.2. The number of carbonyl (C=O) groups excluding carboxylic acids is 2. The van der Waals surface area contributed by atoms with E-state index in [4.69, 9.17) is 4.74 Å². The normalized spacial score (nSPS) is 18.6. The molecular formula is C14H21N3O4. The van der Waals surface area contributed by atoms with Crippen molar-refractivity contribution in [3.8, 4) is 0 Å². The van der Waals surface area contributed by atoms with Gasteiger partial charge in [-0.25, -0.2) is 4.79 Å². The number of amides is 1. The van der Waals surface area contributed by atoms with Gasteiger partial charge in [-0.3, -0.25) is 9.48 Å². The average Bonchev–Trinajstić information content (AvgIpc) is 2.82. The van der Waals surface area contributed by atoms with Crippen LogP contribution in [0.15, 0.2) is 6.07 Å². The highest BCUT2D eigenvalue weighted by molar-refractivity contribution is 5.79. The molecule has 0 aliphatic carbocycles. The maximum Gasteiger partial charge on any atom is 0.336 e. The fourth-order valence-corrected chi connectivity index (χ4v) is 2.41. The van der Waals surface area contributed by atoms with Crippen molar-refractivity contribution < 1.29 is 19.1 Å². The molecule has 1 aliphatic rings. The van der Waals surface area contributed by atoms with E-state index in [0.717, 1.165) is 11.4 Å². The summed E-state index contributed by atoms with van der Waals surface area (Å²) in [5.41, 5.74) is 1.98. The van der Waals surface area contributed by atoms with Crippen molar-refractivity contribution in [3.05, 3.63) is 17.5 Å². The van der Waals surface area contributed by atoms with Crippen LogP contribution in [0.2, 0.25) is 0 Å². The van der Waals surface area contributed by atoms with Crippen molar-refractivity contribution >= 4 is 11.9 Å². The van der Waals surface area contributed by atoms with Crippen LogP contribution in [-0.4, -0.2) is 59.5 Å². The summed E-state index contributed by atoms with van der Waals surface area (Å²) in [6.45, 7) is 5.54. The van der Waals surface area contributed by atoms with Crippen LogP contribution in [0.25, 0.3) is 0 Å². The number of ether oxygens (including phenoxy) is 2. The van der Waals surface area contributed by atoms with Gasteiger partial charge in [0.15, 0.2) is 6.10 Å². The summed E-state index contributed by atoms with van der Waals surface area (Å²) in [5, 5.41) is 4.33. The zero-order valence-electron chi connectivity index (χ0n) is 12.7. The molecule has 0 radical (unpaired) electrons. The Kier molecular flexibility index (Phi) is 4.95. The van der Waals surface area contributed by atoms with E-state index in [1.807, 2.05) is 24.6 Å². The standard InChI is InChI=1S/C14H21N3O4/c1-10-8-11(2)17(15-10)5-4-13(18)16-6-7-21-12(9-16)14(19)20-3/h8,12H,4-7,9H2,1-3H3. The molecule has 1 aliphatic heterocycles. The monoisotopic (exact) mass is 295 g/mol. The van der Waals surface area contributed by atoms with Gasteiger partial charge in [-0.1, -0.05) is 0 Å². The van der Waals surface area contributed by atoms with Crippen LogP contribution in [0.3, 0.4) is 0 Å². The lowest BCUT2D eigenvalue weighted by Gasteiger charge is -2.31. The van der Waals surface area contributed by atoms with Gasteiger partial charge in [0.1, 0.15) is 0 Å². The highest BCUT2D eigenvalue weighted by Gasteiger charge is 2.29. The average molecular weight is 295 g/mol. The summed E-state index contributed by atoms with van der Waals surface area (Å²) in [6, 6.07) is 1.98. The first-order valence-electron chi connectivity index (χ1n) is 6.99. The lowest BCUT2D eigenvalue weighted by molar-refractivity contribution is -0.162. The molecule has 1 saturated heterocycles. The third kappa shape index (κ3) is 3.81. The molecule has 0 aromatic carbocycles. The number of hydrogen-bond donors (Lipinski definition) is 0. The number of nitrogens with zero attached hydrogens (tertiary/aromatic N) is 3. The number of carbonyl (C=O) groups is 2. The van der Waals surface area contributed by atoms with Crippen LogP contribution >= 0.6 is 0 Å². The summed E-state index contributed by atoms with van der Waals surface area (Å²) in [6.07, 6.45) is -0.322. The van der Waals surface area contributed by atoms with Crippen LogP contribution in [0.5, 0.6) is 0 Å². The van der Waals surface area contributed by atoms with Gasteiger partial charge in [0.25, 0.3) is 0 Å². The number of methoxy groups -OCH3 is 1. The van der Waals surface area contributed by atoms with Gasteiger partial charge < -0.3 is 14.4 Å². The van der Waals surface area contributed by atoms with Crippen molar-refractivity contribution in [2.75, 3.05) is 26.8 Å². The highest BCUT2D eigenvalue weighted by Crippen LogP contribution is 2.10. The van der Waals surface area contributed by atoms with E-state index in [1.54, 1.807) is 4.90 Å². The van der Waals surface area contributed by atoms with Gasteiger partial charge in [-0.05, 0) is 19.9 Å². The summed E-state index contributed by atoms with van der Waals surface area (Å²) in [5.74, 6) is -0.439. The van der Waals surface area contributed by atoms with E-state index in [0.29, 0.717) is 26.1 Å². The Morgan fingerprint density at radius 2 is 2.24 bits per heavy atom. The van der Waals surface area contributed by atoms with Gasteiger partial charge >= 0.3 is 5.97 Å². The molecule has 1 aromatic heterocycles. The Morgan fingerprint density at radius 3 is 2.86 bits per heavy atom. The molecule has 0 spiro atoms. The van der Waals surface area contributed by atoms with Crippen molar-refractivity contribution in [2.24, 2.45) is 0 Å². The van der Waals surface area contributed by atoms with Gasteiger partial charge in [0.2, 0.25) is 5.91 Å². The van der Waals surface area contributed by atoms with E-state index >= 15 is 0 Å². The minimum absolute atomic E-state index is 0.000226. The second-order valence-electron chi connectivity index (χ2n) is 5.12. The minimum Gasteiger partial charge on any atom is -0.467 e. The topological polar surface area (TPSA) is 73.7 Å². The van der Waals surface area contributed by atoms with Crippen LogP contribution in [-0.2, 0) is 25.6 Å². The van der Waals surface area contributed by atoms with Gasteiger partial charge in [0.05, 0.1) is 26.0 Å². The smallest absolute Gasteiger partial charge is 0.336 e. The van der Waals surface area contributed by atoms with Gasteiger partial charge in [-0.2, -0.15) is 5.10 Å². The van der Waals surface area contributed by atoms with Crippen LogP contribution in [0.1, 0.15) is 17.8 Å². The fourth-order valence-electron chi connectivity index (χ4n) is 2.41. The van der Waals surface area contributed by atoms with Crippen molar-refractivity contribution in [1.29, 1.82) is 0 Å². The molecule has 2 rings (SSSR count). The Balaban J connectivity index is 1.88. The van der Waals surface area contributed by atoms with E-state index in [9.17, 15) is 9.59 Å². The Morgan fingerprint density at radius 1 is 1.48 bits per heavy atom. The molecule has 0 N–H and O–H groups in total. The maximum atomic E-state index is 12.2. The van der Waals surface area contributed by atoms with Crippen molar-refractivity contribution in [2.45, 2.75) is 32.9 Å². The first-order valence-corrected chi connectivity index (χ1v) is 6.99. The first-order chi connectivity index (χ1) is 10.0.